The van der Waals surface area contributed by atoms with Crippen molar-refractivity contribution in [3.05, 3.63) is 24.1 Å². The van der Waals surface area contributed by atoms with Crippen LogP contribution in [0.25, 0.3) is 0 Å². The molecule has 20 heavy (non-hydrogen) atoms. The molecule has 3 rings (SSSR count). The van der Waals surface area contributed by atoms with E-state index in [0.717, 1.165) is 18.8 Å². The monoisotopic (exact) mass is 276 g/mol. The second-order valence-corrected chi connectivity index (χ2v) is 5.22. The van der Waals surface area contributed by atoms with Crippen molar-refractivity contribution in [2.75, 3.05) is 18.0 Å². The molecule has 0 radical (unpaired) electrons. The molecule has 7 heteroatoms. The summed E-state index contributed by atoms with van der Waals surface area (Å²) in [5.74, 6) is 1.15. The average Bonchev–Trinajstić information content (AvgIpc) is 3.06. The SMILES string of the molecule is N[C@H](Cc1cnc[nH]1)c1nc(N2CCCCCC2)no1. The lowest BCUT2D eigenvalue weighted by atomic mass is 10.2. The minimum Gasteiger partial charge on any atom is -0.348 e. The first-order chi connectivity index (χ1) is 9.83. The Morgan fingerprint density at radius 2 is 2.10 bits per heavy atom. The van der Waals surface area contributed by atoms with E-state index in [1.54, 1.807) is 12.5 Å². The van der Waals surface area contributed by atoms with Crippen molar-refractivity contribution in [3.8, 4) is 0 Å². The molecule has 1 aliphatic rings. The lowest BCUT2D eigenvalue weighted by Crippen LogP contribution is -2.25. The number of aromatic amines is 1. The molecule has 0 bridgehead atoms. The minimum atomic E-state index is -0.302. The van der Waals surface area contributed by atoms with Gasteiger partial charge in [-0.2, -0.15) is 4.98 Å². The zero-order valence-electron chi connectivity index (χ0n) is 11.5. The van der Waals surface area contributed by atoms with Crippen LogP contribution in [0.3, 0.4) is 0 Å². The highest BCUT2D eigenvalue weighted by Crippen LogP contribution is 2.19. The maximum absolute atomic E-state index is 6.10. The van der Waals surface area contributed by atoms with Crippen LogP contribution < -0.4 is 10.6 Å². The molecular formula is C13H20N6O. The van der Waals surface area contributed by atoms with Crippen LogP contribution in [0.1, 0.15) is 43.3 Å². The van der Waals surface area contributed by atoms with Gasteiger partial charge in [0.05, 0.1) is 12.4 Å². The Bertz CT molecular complexity index is 515. The predicted octanol–water partition coefficient (Wildman–Crippen LogP) is 1.42. The average molecular weight is 276 g/mol. The molecule has 0 aromatic carbocycles. The molecule has 0 saturated carbocycles. The van der Waals surface area contributed by atoms with Crippen molar-refractivity contribution in [1.29, 1.82) is 0 Å². The van der Waals surface area contributed by atoms with E-state index < -0.39 is 0 Å². The van der Waals surface area contributed by atoms with E-state index in [9.17, 15) is 0 Å². The van der Waals surface area contributed by atoms with Gasteiger partial charge in [-0.1, -0.05) is 12.8 Å². The van der Waals surface area contributed by atoms with Crippen molar-refractivity contribution in [2.24, 2.45) is 5.73 Å². The zero-order chi connectivity index (χ0) is 13.8. The second kappa shape index (κ2) is 6.04. The van der Waals surface area contributed by atoms with Gasteiger partial charge in [0.2, 0.25) is 5.89 Å². The Hall–Kier alpha value is -1.89. The number of H-pyrrole nitrogens is 1. The van der Waals surface area contributed by atoms with Gasteiger partial charge in [0.1, 0.15) is 0 Å². The summed E-state index contributed by atoms with van der Waals surface area (Å²) in [5, 5.41) is 4.07. The second-order valence-electron chi connectivity index (χ2n) is 5.22. The highest BCUT2D eigenvalue weighted by molar-refractivity contribution is 5.28. The molecule has 7 nitrogen and oxygen atoms in total. The summed E-state index contributed by atoms with van der Waals surface area (Å²) < 4.78 is 5.31. The lowest BCUT2D eigenvalue weighted by molar-refractivity contribution is 0.352. The van der Waals surface area contributed by atoms with Crippen LogP contribution in [0, 0.1) is 0 Å². The van der Waals surface area contributed by atoms with Crippen molar-refractivity contribution in [3.63, 3.8) is 0 Å². The van der Waals surface area contributed by atoms with Gasteiger partial charge in [-0.3, -0.25) is 0 Å². The first kappa shape index (κ1) is 13.1. The van der Waals surface area contributed by atoms with Gasteiger partial charge in [-0.15, -0.1) is 0 Å². The third-order valence-corrected chi connectivity index (χ3v) is 3.63. The number of anilines is 1. The quantitative estimate of drug-likeness (QED) is 0.876. The van der Waals surface area contributed by atoms with Gasteiger partial charge in [0.25, 0.3) is 5.95 Å². The molecule has 0 aliphatic carbocycles. The smallest absolute Gasteiger partial charge is 0.266 e. The Kier molecular flexibility index (Phi) is 3.96. The summed E-state index contributed by atoms with van der Waals surface area (Å²) in [6.07, 6.45) is 8.93. The number of hydrogen-bond donors (Lipinski definition) is 2. The van der Waals surface area contributed by atoms with Gasteiger partial charge < -0.3 is 20.1 Å². The topological polar surface area (TPSA) is 96.9 Å². The number of nitrogens with zero attached hydrogens (tertiary/aromatic N) is 4. The van der Waals surface area contributed by atoms with Gasteiger partial charge in [-0.25, -0.2) is 4.98 Å². The number of nitrogens with one attached hydrogen (secondary N) is 1. The van der Waals surface area contributed by atoms with Gasteiger partial charge >= 0.3 is 0 Å². The van der Waals surface area contributed by atoms with E-state index in [4.69, 9.17) is 10.3 Å². The number of imidazole rings is 1. The van der Waals surface area contributed by atoms with Crippen LogP contribution >= 0.6 is 0 Å². The normalized spacial score (nSPS) is 17.9. The zero-order valence-corrected chi connectivity index (χ0v) is 11.5. The predicted molar refractivity (Wildman–Crippen MR) is 74.2 cm³/mol. The van der Waals surface area contributed by atoms with E-state index in [1.807, 2.05) is 0 Å². The standard InChI is InChI=1S/C13H20N6O/c14-11(7-10-8-15-9-16-10)12-17-13(18-20-12)19-5-3-1-2-4-6-19/h8-9,11H,1-7,14H2,(H,15,16)/t11-/m1/s1. The molecule has 1 aliphatic heterocycles. The maximum atomic E-state index is 6.10. The number of hydrogen-bond acceptors (Lipinski definition) is 6. The van der Waals surface area contributed by atoms with Gasteiger partial charge in [0, 0.05) is 31.4 Å². The molecule has 1 saturated heterocycles. The Morgan fingerprint density at radius 3 is 2.80 bits per heavy atom. The Morgan fingerprint density at radius 1 is 1.30 bits per heavy atom. The van der Waals surface area contributed by atoms with Crippen molar-refractivity contribution in [2.45, 2.75) is 38.1 Å². The summed E-state index contributed by atoms with van der Waals surface area (Å²) in [5.41, 5.74) is 7.06. The fourth-order valence-electron chi connectivity index (χ4n) is 2.50. The Labute approximate surface area is 117 Å². The highest BCUT2D eigenvalue weighted by Gasteiger charge is 2.20. The van der Waals surface area contributed by atoms with Crippen LogP contribution in [0.5, 0.6) is 0 Å². The van der Waals surface area contributed by atoms with Crippen LogP contribution in [-0.4, -0.2) is 33.2 Å². The summed E-state index contributed by atoms with van der Waals surface area (Å²) in [4.78, 5) is 13.6. The van der Waals surface area contributed by atoms with Crippen LogP contribution in [-0.2, 0) is 6.42 Å². The number of nitrogens with two attached hydrogens (primary N) is 1. The molecule has 0 spiro atoms. The van der Waals surface area contributed by atoms with Crippen molar-refractivity contribution in [1.82, 2.24) is 20.1 Å². The fourth-order valence-corrected chi connectivity index (χ4v) is 2.50. The van der Waals surface area contributed by atoms with E-state index >= 15 is 0 Å². The molecule has 1 fully saturated rings. The highest BCUT2D eigenvalue weighted by atomic mass is 16.5. The molecular weight excluding hydrogens is 256 g/mol. The maximum Gasteiger partial charge on any atom is 0.266 e. The third kappa shape index (κ3) is 2.98. The minimum absolute atomic E-state index is 0.302. The largest absolute Gasteiger partial charge is 0.348 e. The molecule has 0 unspecified atom stereocenters. The lowest BCUT2D eigenvalue weighted by Gasteiger charge is -2.16. The molecule has 0 amide bonds. The van der Waals surface area contributed by atoms with E-state index in [1.165, 1.54) is 25.7 Å². The molecule has 1 atom stereocenters. The van der Waals surface area contributed by atoms with E-state index in [2.05, 4.69) is 25.0 Å². The van der Waals surface area contributed by atoms with Gasteiger partial charge in [0.15, 0.2) is 0 Å². The molecule has 108 valence electrons. The number of aromatic nitrogens is 4. The third-order valence-electron chi connectivity index (χ3n) is 3.63. The van der Waals surface area contributed by atoms with Gasteiger partial charge in [-0.05, 0) is 18.0 Å². The van der Waals surface area contributed by atoms with E-state index in [-0.39, 0.29) is 6.04 Å². The first-order valence-electron chi connectivity index (χ1n) is 7.14. The summed E-state index contributed by atoms with van der Waals surface area (Å²) >= 11 is 0. The first-order valence-corrected chi connectivity index (χ1v) is 7.14. The summed E-state index contributed by atoms with van der Waals surface area (Å²) in [6, 6.07) is -0.302. The summed E-state index contributed by atoms with van der Waals surface area (Å²) in [7, 11) is 0. The fraction of sp³-hybridized carbons (Fsp3) is 0.615. The van der Waals surface area contributed by atoms with Crippen LogP contribution in [0.15, 0.2) is 17.0 Å². The van der Waals surface area contributed by atoms with Crippen LogP contribution in [0.4, 0.5) is 5.95 Å². The summed E-state index contributed by atoms with van der Waals surface area (Å²) in [6.45, 7) is 1.99. The van der Waals surface area contributed by atoms with E-state index in [0.29, 0.717) is 18.3 Å². The number of rotatable bonds is 4. The van der Waals surface area contributed by atoms with Crippen molar-refractivity contribution < 1.29 is 4.52 Å². The van der Waals surface area contributed by atoms with Crippen molar-refractivity contribution >= 4 is 5.95 Å². The molecule has 3 heterocycles. The van der Waals surface area contributed by atoms with Crippen LogP contribution in [0.2, 0.25) is 0 Å². The Balaban J connectivity index is 1.66. The molecule has 3 N–H and O–H groups in total. The molecule has 2 aromatic heterocycles. The molecule has 2 aromatic rings.